The molecule has 1 aliphatic heterocycles. The number of nitrogens with zero attached hydrogens (tertiary/aromatic N) is 1. The van der Waals surface area contributed by atoms with Crippen LogP contribution in [0.15, 0.2) is 45.6 Å². The Morgan fingerprint density at radius 2 is 1.90 bits per heavy atom. The Bertz CT molecular complexity index is 1100. The van der Waals surface area contributed by atoms with Crippen LogP contribution in [-0.4, -0.2) is 32.4 Å². The van der Waals surface area contributed by atoms with Crippen molar-refractivity contribution in [1.29, 1.82) is 0 Å². The van der Waals surface area contributed by atoms with Gasteiger partial charge in [0.1, 0.15) is 29.6 Å². The van der Waals surface area contributed by atoms with Crippen molar-refractivity contribution in [3.05, 3.63) is 52.4 Å². The zero-order valence-corrected chi connectivity index (χ0v) is 17.2. The summed E-state index contributed by atoms with van der Waals surface area (Å²) in [4.78, 5) is 15.1. The normalized spacial score (nSPS) is 14.0. The van der Waals surface area contributed by atoms with Crippen LogP contribution < -0.4 is 19.8 Å². The Hall–Kier alpha value is -2.99. The van der Waals surface area contributed by atoms with Crippen molar-refractivity contribution in [3.8, 4) is 28.4 Å². The molecule has 0 fully saturated rings. The summed E-state index contributed by atoms with van der Waals surface area (Å²) in [5.74, 6) is 2.51. The van der Waals surface area contributed by atoms with E-state index in [4.69, 9.17) is 18.6 Å². The molecule has 4 rings (SSSR count). The monoisotopic (exact) mass is 395 g/mol. The second-order valence-electron chi connectivity index (χ2n) is 7.65. The largest absolute Gasteiger partial charge is 0.497 e. The molecule has 29 heavy (non-hydrogen) atoms. The lowest BCUT2D eigenvalue weighted by Crippen LogP contribution is -2.34. The standard InChI is InChI=1S/C23H25NO5/c1-14(2)11-24-12-19-20(28-13-24)8-5-15-9-18(23(25)29-22(15)19)17-7-6-16(26-3)10-21(17)27-4/h5-10,14H,11-13H2,1-4H3. The first kappa shape index (κ1) is 19.3. The van der Waals surface area contributed by atoms with E-state index in [0.717, 1.165) is 23.2 Å². The van der Waals surface area contributed by atoms with Crippen LogP contribution in [0.4, 0.5) is 0 Å². The average molecular weight is 395 g/mol. The molecule has 6 nitrogen and oxygen atoms in total. The molecule has 0 saturated heterocycles. The van der Waals surface area contributed by atoms with Crippen LogP contribution >= 0.6 is 0 Å². The third-order valence-electron chi connectivity index (χ3n) is 5.07. The van der Waals surface area contributed by atoms with E-state index in [1.165, 1.54) is 0 Å². The fraction of sp³-hybridized carbons (Fsp3) is 0.348. The predicted molar refractivity (Wildman–Crippen MR) is 112 cm³/mol. The lowest BCUT2D eigenvalue weighted by atomic mass is 10.0. The zero-order valence-electron chi connectivity index (χ0n) is 17.2. The fourth-order valence-electron chi connectivity index (χ4n) is 3.78. The van der Waals surface area contributed by atoms with Gasteiger partial charge in [0, 0.05) is 30.1 Å². The van der Waals surface area contributed by atoms with E-state index >= 15 is 0 Å². The Morgan fingerprint density at radius 1 is 1.07 bits per heavy atom. The Morgan fingerprint density at radius 3 is 2.62 bits per heavy atom. The summed E-state index contributed by atoms with van der Waals surface area (Å²) in [6, 6.07) is 11.1. The van der Waals surface area contributed by atoms with Crippen LogP contribution in [-0.2, 0) is 6.54 Å². The molecule has 6 heteroatoms. The molecule has 0 radical (unpaired) electrons. The van der Waals surface area contributed by atoms with E-state index in [-0.39, 0.29) is 0 Å². The van der Waals surface area contributed by atoms with Gasteiger partial charge in [-0.3, -0.25) is 4.90 Å². The van der Waals surface area contributed by atoms with Gasteiger partial charge in [0.25, 0.3) is 0 Å². The quantitative estimate of drug-likeness (QED) is 0.601. The van der Waals surface area contributed by atoms with Gasteiger partial charge in [-0.1, -0.05) is 13.8 Å². The Labute approximate surface area is 169 Å². The van der Waals surface area contributed by atoms with Crippen LogP contribution in [0, 0.1) is 5.92 Å². The van der Waals surface area contributed by atoms with Crippen molar-refractivity contribution in [2.75, 3.05) is 27.5 Å². The number of methoxy groups -OCH3 is 2. The highest BCUT2D eigenvalue weighted by atomic mass is 16.5. The number of rotatable bonds is 5. The molecule has 0 bridgehead atoms. The summed E-state index contributed by atoms with van der Waals surface area (Å²) in [6.07, 6.45) is 0. The summed E-state index contributed by atoms with van der Waals surface area (Å²) >= 11 is 0. The van der Waals surface area contributed by atoms with Crippen molar-refractivity contribution >= 4 is 11.0 Å². The summed E-state index contributed by atoms with van der Waals surface area (Å²) in [6.45, 7) is 6.50. The van der Waals surface area contributed by atoms with Gasteiger partial charge in [-0.15, -0.1) is 0 Å². The molecule has 0 saturated carbocycles. The summed E-state index contributed by atoms with van der Waals surface area (Å²) in [7, 11) is 3.16. The number of hydrogen-bond acceptors (Lipinski definition) is 6. The topological polar surface area (TPSA) is 61.1 Å². The summed E-state index contributed by atoms with van der Waals surface area (Å²) < 4.78 is 22.4. The van der Waals surface area contributed by atoms with Crippen molar-refractivity contribution in [2.45, 2.75) is 20.4 Å². The van der Waals surface area contributed by atoms with E-state index < -0.39 is 5.63 Å². The molecule has 0 spiro atoms. The molecule has 2 heterocycles. The third-order valence-corrected chi connectivity index (χ3v) is 5.07. The molecule has 2 aromatic carbocycles. The fourth-order valence-corrected chi connectivity index (χ4v) is 3.78. The number of ether oxygens (including phenoxy) is 3. The highest BCUT2D eigenvalue weighted by molar-refractivity contribution is 5.87. The van der Waals surface area contributed by atoms with Gasteiger partial charge in [-0.25, -0.2) is 4.79 Å². The highest BCUT2D eigenvalue weighted by Crippen LogP contribution is 2.36. The average Bonchev–Trinajstić information content (AvgIpc) is 2.72. The van der Waals surface area contributed by atoms with Gasteiger partial charge >= 0.3 is 5.63 Å². The molecule has 0 N–H and O–H groups in total. The SMILES string of the molecule is COc1ccc(-c2cc3ccc4c(c3oc2=O)CN(CC(C)C)CO4)c(OC)c1. The van der Waals surface area contributed by atoms with Gasteiger partial charge in [0.2, 0.25) is 0 Å². The second kappa shape index (κ2) is 7.79. The lowest BCUT2D eigenvalue weighted by Gasteiger charge is -2.30. The molecular weight excluding hydrogens is 370 g/mol. The minimum absolute atomic E-state index is 0.407. The maximum Gasteiger partial charge on any atom is 0.344 e. The lowest BCUT2D eigenvalue weighted by molar-refractivity contribution is 0.0848. The number of benzene rings is 2. The molecule has 1 aliphatic rings. The first-order chi connectivity index (χ1) is 14.0. The van der Waals surface area contributed by atoms with Gasteiger partial charge < -0.3 is 18.6 Å². The highest BCUT2D eigenvalue weighted by Gasteiger charge is 2.23. The number of fused-ring (bicyclic) bond motifs is 3. The molecule has 0 amide bonds. The molecule has 152 valence electrons. The first-order valence-electron chi connectivity index (χ1n) is 9.67. The van der Waals surface area contributed by atoms with E-state index in [2.05, 4.69) is 18.7 Å². The van der Waals surface area contributed by atoms with E-state index in [1.807, 2.05) is 24.3 Å². The number of hydrogen-bond donors (Lipinski definition) is 0. The van der Waals surface area contributed by atoms with Gasteiger partial charge in [-0.05, 0) is 36.2 Å². The third kappa shape index (κ3) is 3.68. The molecule has 1 aromatic heterocycles. The van der Waals surface area contributed by atoms with Crippen molar-refractivity contribution in [1.82, 2.24) is 4.90 Å². The summed E-state index contributed by atoms with van der Waals surface area (Å²) in [5.41, 5.74) is 2.21. The maximum absolute atomic E-state index is 12.9. The van der Waals surface area contributed by atoms with Gasteiger partial charge in [-0.2, -0.15) is 0 Å². The minimum atomic E-state index is -0.407. The van der Waals surface area contributed by atoms with E-state index in [9.17, 15) is 4.79 Å². The predicted octanol–water partition coefficient (Wildman–Crippen LogP) is 4.29. The van der Waals surface area contributed by atoms with Gasteiger partial charge in [0.15, 0.2) is 0 Å². The molecule has 0 atom stereocenters. The molecular formula is C23H25NO5. The zero-order chi connectivity index (χ0) is 20.5. The van der Waals surface area contributed by atoms with Crippen LogP contribution in [0.1, 0.15) is 19.4 Å². The van der Waals surface area contributed by atoms with Crippen molar-refractivity contribution in [2.24, 2.45) is 5.92 Å². The first-order valence-corrected chi connectivity index (χ1v) is 9.67. The molecule has 3 aromatic rings. The molecule has 0 aliphatic carbocycles. The van der Waals surface area contributed by atoms with Crippen LogP contribution in [0.25, 0.3) is 22.1 Å². The van der Waals surface area contributed by atoms with Crippen LogP contribution in [0.2, 0.25) is 0 Å². The van der Waals surface area contributed by atoms with E-state index in [0.29, 0.717) is 47.4 Å². The van der Waals surface area contributed by atoms with E-state index in [1.54, 1.807) is 26.4 Å². The Kier molecular flexibility index (Phi) is 5.20. The van der Waals surface area contributed by atoms with Crippen molar-refractivity contribution < 1.29 is 18.6 Å². The summed E-state index contributed by atoms with van der Waals surface area (Å²) in [5, 5.41) is 0.853. The smallest absolute Gasteiger partial charge is 0.344 e. The maximum atomic E-state index is 12.9. The second-order valence-corrected chi connectivity index (χ2v) is 7.65. The van der Waals surface area contributed by atoms with Crippen LogP contribution in [0.3, 0.4) is 0 Å². The van der Waals surface area contributed by atoms with Crippen LogP contribution in [0.5, 0.6) is 17.2 Å². The van der Waals surface area contributed by atoms with Crippen molar-refractivity contribution in [3.63, 3.8) is 0 Å². The van der Waals surface area contributed by atoms with Gasteiger partial charge in [0.05, 0.1) is 25.3 Å². The molecule has 0 unspecified atom stereocenters. The Balaban J connectivity index is 1.81. The minimum Gasteiger partial charge on any atom is -0.497 e.